The molecule has 0 spiro atoms. The molecular formula is C12H13NO4. The molecule has 17 heavy (non-hydrogen) atoms. The Kier molecular flexibility index (Phi) is 4.28. The highest BCUT2D eigenvalue weighted by Crippen LogP contribution is 2.13. The number of carboxylic acids is 1. The van der Waals surface area contributed by atoms with E-state index >= 15 is 0 Å². The summed E-state index contributed by atoms with van der Waals surface area (Å²) in [4.78, 5) is 21.8. The predicted octanol–water partition coefficient (Wildman–Crippen LogP) is 1.54. The first-order valence-corrected chi connectivity index (χ1v) is 5.01. The summed E-state index contributed by atoms with van der Waals surface area (Å²) in [6.45, 7) is 2.00. The Morgan fingerprint density at radius 3 is 2.71 bits per heavy atom. The van der Waals surface area contributed by atoms with Crippen molar-refractivity contribution in [2.75, 3.05) is 12.3 Å². The number of esters is 1. The summed E-state index contributed by atoms with van der Waals surface area (Å²) < 4.78 is 4.70. The number of benzene rings is 1. The second kappa shape index (κ2) is 5.69. The molecule has 0 aliphatic rings. The van der Waals surface area contributed by atoms with Crippen molar-refractivity contribution in [3.63, 3.8) is 0 Å². The van der Waals surface area contributed by atoms with Crippen LogP contribution in [0.3, 0.4) is 0 Å². The van der Waals surface area contributed by atoms with Crippen molar-refractivity contribution in [1.29, 1.82) is 0 Å². The molecule has 0 fully saturated rings. The Morgan fingerprint density at radius 2 is 2.12 bits per heavy atom. The number of carboxylic acid groups (broad SMARTS) is 1. The molecule has 1 aromatic rings. The van der Waals surface area contributed by atoms with Crippen LogP contribution >= 0.6 is 0 Å². The van der Waals surface area contributed by atoms with Crippen LogP contribution < -0.4 is 5.73 Å². The van der Waals surface area contributed by atoms with Crippen LogP contribution in [0, 0.1) is 0 Å². The standard InChI is InChI=1S/C12H13NO4/c1-2-17-11(14)4-3-8-5-9(12(15)16)7-10(13)6-8/h3-7H,2,13H2,1H3,(H,15,16). The first-order chi connectivity index (χ1) is 8.02. The van der Waals surface area contributed by atoms with Crippen LogP contribution in [-0.4, -0.2) is 23.7 Å². The van der Waals surface area contributed by atoms with Crippen molar-refractivity contribution in [3.8, 4) is 0 Å². The summed E-state index contributed by atoms with van der Waals surface area (Å²) in [5, 5.41) is 8.82. The minimum absolute atomic E-state index is 0.0773. The van der Waals surface area contributed by atoms with Gasteiger partial charge < -0.3 is 15.6 Å². The molecule has 1 aromatic carbocycles. The SMILES string of the molecule is CCOC(=O)C=Cc1cc(N)cc(C(=O)O)c1. The van der Waals surface area contributed by atoms with Crippen LogP contribution in [0.5, 0.6) is 0 Å². The van der Waals surface area contributed by atoms with Crippen molar-refractivity contribution in [3.05, 3.63) is 35.4 Å². The van der Waals surface area contributed by atoms with Crippen LogP contribution in [0.4, 0.5) is 5.69 Å². The smallest absolute Gasteiger partial charge is 0.335 e. The average molecular weight is 235 g/mol. The molecule has 0 heterocycles. The van der Waals surface area contributed by atoms with Crippen molar-refractivity contribution >= 4 is 23.7 Å². The van der Waals surface area contributed by atoms with E-state index in [9.17, 15) is 9.59 Å². The van der Waals surface area contributed by atoms with Crippen molar-refractivity contribution in [1.82, 2.24) is 0 Å². The van der Waals surface area contributed by atoms with Crippen LogP contribution in [0.25, 0.3) is 6.08 Å². The Labute approximate surface area is 98.5 Å². The lowest BCUT2D eigenvalue weighted by Gasteiger charge is -2.00. The maximum Gasteiger partial charge on any atom is 0.335 e. The second-order valence-corrected chi connectivity index (χ2v) is 3.28. The topological polar surface area (TPSA) is 89.6 Å². The van der Waals surface area contributed by atoms with Gasteiger partial charge in [-0.1, -0.05) is 0 Å². The van der Waals surface area contributed by atoms with Crippen LogP contribution in [-0.2, 0) is 9.53 Å². The van der Waals surface area contributed by atoms with Crippen molar-refractivity contribution < 1.29 is 19.4 Å². The monoisotopic (exact) mass is 235 g/mol. The van der Waals surface area contributed by atoms with E-state index in [1.165, 1.54) is 24.3 Å². The number of nitrogen functional groups attached to an aromatic ring is 1. The summed E-state index contributed by atoms with van der Waals surface area (Å²) in [5.41, 5.74) is 6.49. The molecule has 5 heteroatoms. The molecule has 0 radical (unpaired) electrons. The summed E-state index contributed by atoms with van der Waals surface area (Å²) >= 11 is 0. The van der Waals surface area contributed by atoms with Gasteiger partial charge in [0.05, 0.1) is 12.2 Å². The fraction of sp³-hybridized carbons (Fsp3) is 0.167. The Hall–Kier alpha value is -2.30. The van der Waals surface area contributed by atoms with Gasteiger partial charge in [0.1, 0.15) is 0 Å². The lowest BCUT2D eigenvalue weighted by Crippen LogP contribution is -2.00. The lowest BCUT2D eigenvalue weighted by atomic mass is 10.1. The molecular weight excluding hydrogens is 222 g/mol. The predicted molar refractivity (Wildman–Crippen MR) is 63.5 cm³/mol. The fourth-order valence-corrected chi connectivity index (χ4v) is 1.25. The average Bonchev–Trinajstić information content (AvgIpc) is 2.26. The number of rotatable bonds is 4. The largest absolute Gasteiger partial charge is 0.478 e. The fourth-order valence-electron chi connectivity index (χ4n) is 1.25. The van der Waals surface area contributed by atoms with Gasteiger partial charge in [-0.05, 0) is 36.8 Å². The van der Waals surface area contributed by atoms with E-state index in [1.807, 2.05) is 0 Å². The minimum atomic E-state index is -1.07. The van der Waals surface area contributed by atoms with E-state index < -0.39 is 11.9 Å². The van der Waals surface area contributed by atoms with Gasteiger partial charge in [0.15, 0.2) is 0 Å². The van der Waals surface area contributed by atoms with Gasteiger partial charge in [-0.15, -0.1) is 0 Å². The number of nitrogens with two attached hydrogens (primary N) is 1. The molecule has 0 atom stereocenters. The number of carbonyl (C=O) groups is 2. The second-order valence-electron chi connectivity index (χ2n) is 3.28. The van der Waals surface area contributed by atoms with Gasteiger partial charge in [-0.3, -0.25) is 0 Å². The number of hydrogen-bond donors (Lipinski definition) is 2. The number of anilines is 1. The van der Waals surface area contributed by atoms with Gasteiger partial charge in [-0.25, -0.2) is 9.59 Å². The number of aromatic carboxylic acids is 1. The molecule has 5 nitrogen and oxygen atoms in total. The lowest BCUT2D eigenvalue weighted by molar-refractivity contribution is -0.137. The highest BCUT2D eigenvalue weighted by atomic mass is 16.5. The molecule has 3 N–H and O–H groups in total. The zero-order chi connectivity index (χ0) is 12.8. The van der Waals surface area contributed by atoms with E-state index in [0.717, 1.165) is 0 Å². The highest BCUT2D eigenvalue weighted by molar-refractivity contribution is 5.91. The number of hydrogen-bond acceptors (Lipinski definition) is 4. The highest BCUT2D eigenvalue weighted by Gasteiger charge is 2.04. The molecule has 0 aromatic heterocycles. The molecule has 0 saturated carbocycles. The van der Waals surface area contributed by atoms with E-state index in [4.69, 9.17) is 15.6 Å². The zero-order valence-corrected chi connectivity index (χ0v) is 9.34. The van der Waals surface area contributed by atoms with Gasteiger partial charge in [0.25, 0.3) is 0 Å². The molecule has 0 saturated heterocycles. The summed E-state index contributed by atoms with van der Waals surface area (Å²) in [7, 11) is 0. The van der Waals surface area contributed by atoms with Crippen molar-refractivity contribution in [2.24, 2.45) is 0 Å². The van der Waals surface area contributed by atoms with Crippen LogP contribution in [0.2, 0.25) is 0 Å². The first kappa shape index (κ1) is 12.8. The molecule has 0 bridgehead atoms. The summed E-state index contributed by atoms with van der Waals surface area (Å²) in [6, 6.07) is 4.35. The molecule has 0 unspecified atom stereocenters. The molecule has 90 valence electrons. The maximum absolute atomic E-state index is 11.1. The Morgan fingerprint density at radius 1 is 1.41 bits per heavy atom. The zero-order valence-electron chi connectivity index (χ0n) is 9.34. The minimum Gasteiger partial charge on any atom is -0.478 e. The van der Waals surface area contributed by atoms with E-state index in [0.29, 0.717) is 17.9 Å². The maximum atomic E-state index is 11.1. The quantitative estimate of drug-likeness (QED) is 0.469. The van der Waals surface area contributed by atoms with Crippen molar-refractivity contribution in [2.45, 2.75) is 6.92 Å². The molecule has 0 amide bonds. The van der Waals surface area contributed by atoms with Gasteiger partial charge >= 0.3 is 11.9 Å². The van der Waals surface area contributed by atoms with Gasteiger partial charge in [0.2, 0.25) is 0 Å². The Balaban J connectivity index is 2.91. The van der Waals surface area contributed by atoms with E-state index in [-0.39, 0.29) is 5.56 Å². The third kappa shape index (κ3) is 3.98. The number of ether oxygens (including phenoxy) is 1. The summed E-state index contributed by atoms with van der Waals surface area (Å²) in [5.74, 6) is -1.55. The number of carbonyl (C=O) groups excluding carboxylic acids is 1. The van der Waals surface area contributed by atoms with Crippen LogP contribution in [0.1, 0.15) is 22.8 Å². The van der Waals surface area contributed by atoms with Crippen LogP contribution in [0.15, 0.2) is 24.3 Å². The third-order valence-electron chi connectivity index (χ3n) is 1.92. The molecule has 0 aliphatic heterocycles. The van der Waals surface area contributed by atoms with E-state index in [1.54, 1.807) is 13.0 Å². The normalized spacial score (nSPS) is 10.4. The molecule has 0 aliphatic carbocycles. The first-order valence-electron chi connectivity index (χ1n) is 5.01. The summed E-state index contributed by atoms with van der Waals surface area (Å²) in [6.07, 6.45) is 2.69. The molecule has 1 rings (SSSR count). The van der Waals surface area contributed by atoms with Gasteiger partial charge in [0, 0.05) is 11.8 Å². The van der Waals surface area contributed by atoms with E-state index in [2.05, 4.69) is 0 Å². The van der Waals surface area contributed by atoms with Gasteiger partial charge in [-0.2, -0.15) is 0 Å². The third-order valence-corrected chi connectivity index (χ3v) is 1.92. The Bertz CT molecular complexity index is 466.